The molecule has 1 saturated carbocycles. The van der Waals surface area contributed by atoms with E-state index in [-0.39, 0.29) is 5.56 Å². The summed E-state index contributed by atoms with van der Waals surface area (Å²) in [5.74, 6) is 0. The molecule has 0 aromatic carbocycles. The van der Waals surface area contributed by atoms with Crippen LogP contribution in [-0.4, -0.2) is 63.2 Å². The topological polar surface area (TPSA) is 67.9 Å². The van der Waals surface area contributed by atoms with E-state index in [0.29, 0.717) is 22.8 Å². The molecule has 8 rings (SSSR count). The van der Waals surface area contributed by atoms with E-state index >= 15 is 0 Å². The van der Waals surface area contributed by atoms with Crippen molar-refractivity contribution in [2.75, 3.05) is 44.3 Å². The lowest BCUT2D eigenvalue weighted by atomic mass is 9.73. The zero-order valence-electron chi connectivity index (χ0n) is 23.2. The summed E-state index contributed by atoms with van der Waals surface area (Å²) in [4.78, 5) is 27.8. The second kappa shape index (κ2) is 9.42. The molecule has 1 aliphatic carbocycles. The number of imidazole rings is 1. The third-order valence-corrected chi connectivity index (χ3v) is 10.3. The molecule has 8 nitrogen and oxygen atoms in total. The van der Waals surface area contributed by atoms with Gasteiger partial charge < -0.3 is 18.6 Å². The highest BCUT2D eigenvalue weighted by molar-refractivity contribution is 5.93. The first-order valence-corrected chi connectivity index (χ1v) is 15.1. The molecule has 8 heteroatoms. The molecule has 0 bridgehead atoms. The van der Waals surface area contributed by atoms with Crippen LogP contribution in [0.4, 0.5) is 5.69 Å². The van der Waals surface area contributed by atoms with Crippen molar-refractivity contribution in [1.29, 1.82) is 0 Å². The van der Waals surface area contributed by atoms with Crippen LogP contribution in [0.2, 0.25) is 0 Å². The number of rotatable bonds is 5. The Morgan fingerprint density at radius 2 is 1.70 bits per heavy atom. The van der Waals surface area contributed by atoms with Crippen molar-refractivity contribution >= 4 is 22.1 Å². The van der Waals surface area contributed by atoms with E-state index in [1.54, 1.807) is 10.8 Å². The molecule has 0 atom stereocenters. The lowest BCUT2D eigenvalue weighted by Crippen LogP contribution is -2.58. The number of pyridine rings is 3. The van der Waals surface area contributed by atoms with Gasteiger partial charge in [0.25, 0.3) is 5.56 Å². The minimum Gasteiger partial charge on any atom is -0.381 e. The van der Waals surface area contributed by atoms with Gasteiger partial charge in [-0.1, -0.05) is 18.9 Å². The van der Waals surface area contributed by atoms with Crippen molar-refractivity contribution < 1.29 is 4.74 Å². The van der Waals surface area contributed by atoms with Crippen LogP contribution in [0.3, 0.4) is 0 Å². The molecule has 3 aliphatic heterocycles. The monoisotopic (exact) mass is 538 g/mol. The largest absolute Gasteiger partial charge is 0.381 e. The maximum atomic E-state index is 13.5. The maximum Gasteiger partial charge on any atom is 0.260 e. The standard InChI is InChI=1S/C32H38N6O2/c39-30-27-15-33-16-28(38-22-32(23-38)9-13-40-14-10-32)26(27)5-11-36(30)19-25-20-37-18-24(3-4-29(37)34-25)17-35-12-8-31(21-35)6-1-2-7-31/h3-5,11,15-16,18,20H,1-2,6-10,12-14,17,19,21-23H2. The first-order chi connectivity index (χ1) is 19.6. The van der Waals surface area contributed by atoms with Gasteiger partial charge in [0.05, 0.1) is 29.5 Å². The fraction of sp³-hybridized carbons (Fsp3) is 0.531. The highest BCUT2D eigenvalue weighted by atomic mass is 16.5. The molecule has 0 radical (unpaired) electrons. The predicted octanol–water partition coefficient (Wildman–Crippen LogP) is 4.48. The third kappa shape index (κ3) is 4.23. The molecule has 7 heterocycles. The van der Waals surface area contributed by atoms with Crippen LogP contribution in [0.15, 0.2) is 54.0 Å². The Hall–Kier alpha value is -3.23. The van der Waals surface area contributed by atoms with Gasteiger partial charge >= 0.3 is 0 Å². The van der Waals surface area contributed by atoms with Gasteiger partial charge in [0.1, 0.15) is 5.65 Å². The number of anilines is 1. The first-order valence-electron chi connectivity index (χ1n) is 15.1. The minimum absolute atomic E-state index is 0.0132. The van der Waals surface area contributed by atoms with Crippen LogP contribution in [0.1, 0.15) is 56.2 Å². The second-order valence-electron chi connectivity index (χ2n) is 13.0. The summed E-state index contributed by atoms with van der Waals surface area (Å²) < 4.78 is 9.45. The van der Waals surface area contributed by atoms with E-state index in [1.807, 2.05) is 12.4 Å². The Morgan fingerprint density at radius 1 is 0.850 bits per heavy atom. The van der Waals surface area contributed by atoms with Crippen LogP contribution in [-0.2, 0) is 17.8 Å². The fourth-order valence-corrected chi connectivity index (χ4v) is 8.01. The Kier molecular flexibility index (Phi) is 5.78. The van der Waals surface area contributed by atoms with Crippen molar-refractivity contribution in [2.24, 2.45) is 10.8 Å². The van der Waals surface area contributed by atoms with E-state index in [2.05, 4.69) is 49.8 Å². The summed E-state index contributed by atoms with van der Waals surface area (Å²) in [6.45, 7) is 7.64. The van der Waals surface area contributed by atoms with E-state index in [9.17, 15) is 4.79 Å². The van der Waals surface area contributed by atoms with Gasteiger partial charge in [-0.05, 0) is 61.8 Å². The number of likely N-dealkylation sites (tertiary alicyclic amines) is 1. The van der Waals surface area contributed by atoms with Gasteiger partial charge in [-0.15, -0.1) is 0 Å². The van der Waals surface area contributed by atoms with Gasteiger partial charge in [0.15, 0.2) is 0 Å². The van der Waals surface area contributed by atoms with Crippen LogP contribution in [0.5, 0.6) is 0 Å². The molecule has 4 fully saturated rings. The second-order valence-corrected chi connectivity index (χ2v) is 13.0. The quantitative estimate of drug-likeness (QED) is 0.373. The van der Waals surface area contributed by atoms with Crippen LogP contribution in [0.25, 0.3) is 16.4 Å². The fourth-order valence-electron chi connectivity index (χ4n) is 8.01. The Labute approximate surface area is 234 Å². The normalized spacial score (nSPS) is 22.1. The third-order valence-electron chi connectivity index (χ3n) is 10.3. The highest BCUT2D eigenvalue weighted by Gasteiger charge is 2.44. The Bertz CT molecular complexity index is 1620. The smallest absolute Gasteiger partial charge is 0.260 e. The van der Waals surface area contributed by atoms with Gasteiger partial charge in [0, 0.05) is 75.0 Å². The van der Waals surface area contributed by atoms with Crippen molar-refractivity contribution in [1.82, 2.24) is 23.8 Å². The Balaban J connectivity index is 0.996. The summed E-state index contributed by atoms with van der Waals surface area (Å²) in [5.41, 5.74) is 5.14. The lowest BCUT2D eigenvalue weighted by molar-refractivity contribution is -0.000118. The molecule has 2 spiro atoms. The molecular formula is C32H38N6O2. The van der Waals surface area contributed by atoms with Crippen LogP contribution >= 0.6 is 0 Å². The summed E-state index contributed by atoms with van der Waals surface area (Å²) in [6, 6.07) is 6.39. The average molecular weight is 539 g/mol. The van der Waals surface area contributed by atoms with E-state index in [1.165, 1.54) is 50.8 Å². The SMILES string of the molecule is O=c1c2cncc(N3CC4(CCOCC4)C3)c2ccn1Cc1cn2cc(CN3CCC4(CCCC4)C3)ccc2n1. The average Bonchev–Trinajstić information content (AvgIpc) is 3.69. The molecule has 4 aromatic rings. The zero-order valence-corrected chi connectivity index (χ0v) is 23.2. The molecule has 4 aliphatic rings. The van der Waals surface area contributed by atoms with E-state index in [0.717, 1.165) is 68.1 Å². The zero-order chi connectivity index (χ0) is 26.7. The molecular weight excluding hydrogens is 500 g/mol. The number of hydrogen-bond donors (Lipinski definition) is 0. The molecule has 40 heavy (non-hydrogen) atoms. The highest BCUT2D eigenvalue weighted by Crippen LogP contribution is 2.46. The van der Waals surface area contributed by atoms with Gasteiger partial charge in [0.2, 0.25) is 0 Å². The van der Waals surface area contributed by atoms with Crippen molar-refractivity contribution in [2.45, 2.75) is 58.0 Å². The molecule has 0 amide bonds. The summed E-state index contributed by atoms with van der Waals surface area (Å²) in [5, 5.41) is 1.66. The number of hydrogen-bond acceptors (Lipinski definition) is 6. The summed E-state index contributed by atoms with van der Waals surface area (Å²) in [7, 11) is 0. The Morgan fingerprint density at radius 3 is 2.55 bits per heavy atom. The molecule has 0 N–H and O–H groups in total. The van der Waals surface area contributed by atoms with Crippen LogP contribution in [0, 0.1) is 10.8 Å². The number of fused-ring (bicyclic) bond motifs is 2. The van der Waals surface area contributed by atoms with E-state index in [4.69, 9.17) is 9.72 Å². The van der Waals surface area contributed by atoms with Crippen molar-refractivity contribution in [3.63, 3.8) is 0 Å². The lowest BCUT2D eigenvalue weighted by Gasteiger charge is -2.53. The first kappa shape index (κ1) is 24.6. The molecule has 3 saturated heterocycles. The van der Waals surface area contributed by atoms with Gasteiger partial charge in [-0.2, -0.15) is 0 Å². The summed E-state index contributed by atoms with van der Waals surface area (Å²) in [6.07, 6.45) is 19.1. The maximum absolute atomic E-state index is 13.5. The number of aromatic nitrogens is 4. The van der Waals surface area contributed by atoms with Gasteiger partial charge in [-0.25, -0.2) is 4.98 Å². The molecule has 208 valence electrons. The van der Waals surface area contributed by atoms with Crippen LogP contribution < -0.4 is 10.5 Å². The van der Waals surface area contributed by atoms with Gasteiger partial charge in [-0.3, -0.25) is 14.7 Å². The summed E-state index contributed by atoms with van der Waals surface area (Å²) >= 11 is 0. The molecule has 4 aromatic heterocycles. The number of nitrogens with zero attached hydrogens (tertiary/aromatic N) is 6. The minimum atomic E-state index is -0.0132. The number of ether oxygens (including phenoxy) is 1. The molecule has 0 unspecified atom stereocenters. The van der Waals surface area contributed by atoms with Crippen molar-refractivity contribution in [3.05, 3.63) is 70.8 Å². The van der Waals surface area contributed by atoms with Crippen molar-refractivity contribution in [3.8, 4) is 0 Å². The van der Waals surface area contributed by atoms with E-state index < -0.39 is 0 Å². The predicted molar refractivity (Wildman–Crippen MR) is 156 cm³/mol.